The lowest BCUT2D eigenvalue weighted by Crippen LogP contribution is -2.28. The van der Waals surface area contributed by atoms with Crippen molar-refractivity contribution < 1.29 is 4.39 Å². The largest absolute Gasteiger partial charge is 0.316 e. The van der Waals surface area contributed by atoms with Gasteiger partial charge in [-0.05, 0) is 44.0 Å². The summed E-state index contributed by atoms with van der Waals surface area (Å²) in [6.45, 7) is 4.08. The van der Waals surface area contributed by atoms with Crippen LogP contribution in [0.15, 0.2) is 24.3 Å². The summed E-state index contributed by atoms with van der Waals surface area (Å²) >= 11 is 0. The first-order valence-corrected chi connectivity index (χ1v) is 6.77. The summed E-state index contributed by atoms with van der Waals surface area (Å²) in [6.07, 6.45) is 2.34. The van der Waals surface area contributed by atoms with Gasteiger partial charge in [0.15, 0.2) is 0 Å². The third kappa shape index (κ3) is 2.40. The van der Waals surface area contributed by atoms with E-state index < -0.39 is 0 Å². The number of piperidine rings is 1. The fraction of sp³-hybridized carbons (Fsp3) is 0.400. The molecule has 3 nitrogen and oxygen atoms in total. The van der Waals surface area contributed by atoms with Crippen LogP contribution in [0.1, 0.15) is 30.1 Å². The number of H-pyrrole nitrogens is 1. The van der Waals surface area contributed by atoms with Gasteiger partial charge in [-0.1, -0.05) is 12.1 Å². The number of nitrogens with one attached hydrogen (secondary N) is 2. The second-order valence-corrected chi connectivity index (χ2v) is 5.16. The number of nitrogens with zero attached hydrogens (tertiary/aromatic N) is 1. The first-order chi connectivity index (χ1) is 9.25. The van der Waals surface area contributed by atoms with E-state index in [9.17, 15) is 4.39 Å². The minimum Gasteiger partial charge on any atom is -0.316 e. The molecule has 0 saturated carbocycles. The second-order valence-electron chi connectivity index (χ2n) is 5.16. The number of aryl methyl sites for hydroxylation is 1. The van der Waals surface area contributed by atoms with Crippen LogP contribution in [0.5, 0.6) is 0 Å². The lowest BCUT2D eigenvalue weighted by Gasteiger charge is -2.22. The van der Waals surface area contributed by atoms with Crippen molar-refractivity contribution in [1.29, 1.82) is 0 Å². The molecule has 1 aliphatic rings. The second kappa shape index (κ2) is 5.13. The third-order valence-corrected chi connectivity index (χ3v) is 3.79. The maximum Gasteiger partial charge on any atom is 0.123 e. The topological polar surface area (TPSA) is 40.7 Å². The van der Waals surface area contributed by atoms with E-state index >= 15 is 0 Å². The maximum atomic E-state index is 13.1. The van der Waals surface area contributed by atoms with Gasteiger partial charge in [0.2, 0.25) is 0 Å². The number of halogens is 1. The highest BCUT2D eigenvalue weighted by Gasteiger charge is 2.23. The molecule has 0 bridgehead atoms. The Morgan fingerprint density at radius 3 is 2.74 bits per heavy atom. The molecule has 2 aromatic rings. The van der Waals surface area contributed by atoms with Crippen LogP contribution in [0.3, 0.4) is 0 Å². The first kappa shape index (κ1) is 12.4. The lowest BCUT2D eigenvalue weighted by atomic mass is 9.90. The quantitative estimate of drug-likeness (QED) is 0.870. The van der Waals surface area contributed by atoms with Crippen LogP contribution in [0.25, 0.3) is 11.1 Å². The molecule has 2 heterocycles. The van der Waals surface area contributed by atoms with E-state index in [1.54, 1.807) is 0 Å². The van der Waals surface area contributed by atoms with Crippen molar-refractivity contribution in [2.24, 2.45) is 0 Å². The Kier molecular flexibility index (Phi) is 3.34. The average molecular weight is 259 g/mol. The number of rotatable bonds is 2. The molecule has 1 aromatic carbocycles. The average Bonchev–Trinajstić information content (AvgIpc) is 2.83. The summed E-state index contributed by atoms with van der Waals surface area (Å²) < 4.78 is 13.1. The van der Waals surface area contributed by atoms with E-state index in [-0.39, 0.29) is 5.82 Å². The van der Waals surface area contributed by atoms with E-state index in [1.807, 2.05) is 19.1 Å². The Morgan fingerprint density at radius 2 is 2.05 bits per heavy atom. The molecule has 3 rings (SSSR count). The summed E-state index contributed by atoms with van der Waals surface area (Å²) in [5.41, 5.74) is 4.32. The highest BCUT2D eigenvalue weighted by molar-refractivity contribution is 5.69. The molecule has 1 unspecified atom stereocenters. The third-order valence-electron chi connectivity index (χ3n) is 3.79. The van der Waals surface area contributed by atoms with Gasteiger partial charge in [-0.3, -0.25) is 5.10 Å². The highest BCUT2D eigenvalue weighted by Crippen LogP contribution is 2.33. The van der Waals surface area contributed by atoms with E-state index in [4.69, 9.17) is 0 Å². The molecule has 4 heteroatoms. The van der Waals surface area contributed by atoms with Gasteiger partial charge in [-0.15, -0.1) is 0 Å². The Morgan fingerprint density at radius 1 is 1.26 bits per heavy atom. The summed E-state index contributed by atoms with van der Waals surface area (Å²) in [7, 11) is 0. The van der Waals surface area contributed by atoms with E-state index in [2.05, 4.69) is 15.5 Å². The number of aromatic amines is 1. The van der Waals surface area contributed by atoms with Crippen molar-refractivity contribution in [3.8, 4) is 11.1 Å². The molecule has 1 fully saturated rings. The van der Waals surface area contributed by atoms with Crippen molar-refractivity contribution >= 4 is 0 Å². The predicted octanol–water partition coefficient (Wildman–Crippen LogP) is 2.99. The zero-order chi connectivity index (χ0) is 13.2. The molecule has 0 aliphatic carbocycles. The fourth-order valence-corrected chi connectivity index (χ4v) is 2.81. The monoisotopic (exact) mass is 259 g/mol. The van der Waals surface area contributed by atoms with Crippen molar-refractivity contribution in [2.45, 2.75) is 25.7 Å². The Bertz CT molecular complexity index is 553. The molecule has 0 spiro atoms. The van der Waals surface area contributed by atoms with Gasteiger partial charge < -0.3 is 5.32 Å². The lowest BCUT2D eigenvalue weighted by molar-refractivity contribution is 0.455. The predicted molar refractivity (Wildman–Crippen MR) is 73.6 cm³/mol. The summed E-state index contributed by atoms with van der Waals surface area (Å²) in [5, 5.41) is 11.0. The number of hydrogen-bond donors (Lipinski definition) is 2. The van der Waals surface area contributed by atoms with Crippen LogP contribution in [0.2, 0.25) is 0 Å². The number of hydrogen-bond acceptors (Lipinski definition) is 2. The van der Waals surface area contributed by atoms with E-state index in [1.165, 1.54) is 18.6 Å². The van der Waals surface area contributed by atoms with Gasteiger partial charge in [-0.25, -0.2) is 4.39 Å². The van der Waals surface area contributed by atoms with Gasteiger partial charge in [0.1, 0.15) is 5.82 Å². The molecule has 19 heavy (non-hydrogen) atoms. The number of aromatic nitrogens is 2. The molecule has 0 amide bonds. The molecule has 1 atom stereocenters. The normalized spacial score (nSPS) is 19.6. The Hall–Kier alpha value is -1.68. The van der Waals surface area contributed by atoms with Crippen LogP contribution in [0.4, 0.5) is 4.39 Å². The van der Waals surface area contributed by atoms with Gasteiger partial charge in [0.25, 0.3) is 0 Å². The Balaban J connectivity index is 2.00. The molecule has 100 valence electrons. The minimum atomic E-state index is -0.203. The molecule has 2 N–H and O–H groups in total. The van der Waals surface area contributed by atoms with Gasteiger partial charge >= 0.3 is 0 Å². The smallest absolute Gasteiger partial charge is 0.123 e. The van der Waals surface area contributed by atoms with Crippen molar-refractivity contribution in [1.82, 2.24) is 15.5 Å². The van der Waals surface area contributed by atoms with Crippen LogP contribution in [0, 0.1) is 12.7 Å². The number of benzene rings is 1. The Labute approximate surface area is 112 Å². The van der Waals surface area contributed by atoms with Crippen LogP contribution in [-0.4, -0.2) is 23.3 Å². The van der Waals surface area contributed by atoms with Crippen molar-refractivity contribution in [3.05, 3.63) is 41.5 Å². The molecule has 1 aliphatic heterocycles. The van der Waals surface area contributed by atoms with Crippen LogP contribution < -0.4 is 5.32 Å². The van der Waals surface area contributed by atoms with Gasteiger partial charge in [0, 0.05) is 23.7 Å². The van der Waals surface area contributed by atoms with E-state index in [0.717, 1.165) is 42.0 Å². The summed E-state index contributed by atoms with van der Waals surface area (Å²) in [5.74, 6) is 0.240. The van der Waals surface area contributed by atoms with Crippen LogP contribution in [-0.2, 0) is 0 Å². The van der Waals surface area contributed by atoms with E-state index in [0.29, 0.717) is 5.92 Å². The maximum absolute atomic E-state index is 13.1. The molecule has 0 radical (unpaired) electrons. The molecular formula is C15H18FN3. The van der Waals surface area contributed by atoms with Gasteiger partial charge in [-0.2, -0.15) is 5.10 Å². The SMILES string of the molecule is Cc1[nH]nc(C2CCCNC2)c1-c1ccc(F)cc1. The van der Waals surface area contributed by atoms with Crippen molar-refractivity contribution in [2.75, 3.05) is 13.1 Å². The summed E-state index contributed by atoms with van der Waals surface area (Å²) in [4.78, 5) is 0. The molecule has 1 aromatic heterocycles. The summed E-state index contributed by atoms with van der Waals surface area (Å²) in [6, 6.07) is 6.66. The van der Waals surface area contributed by atoms with Crippen LogP contribution >= 0.6 is 0 Å². The fourth-order valence-electron chi connectivity index (χ4n) is 2.81. The van der Waals surface area contributed by atoms with Gasteiger partial charge in [0.05, 0.1) is 5.69 Å². The minimum absolute atomic E-state index is 0.203. The zero-order valence-corrected chi connectivity index (χ0v) is 11.0. The van der Waals surface area contributed by atoms with Crippen molar-refractivity contribution in [3.63, 3.8) is 0 Å². The first-order valence-electron chi connectivity index (χ1n) is 6.77. The highest BCUT2D eigenvalue weighted by atomic mass is 19.1. The molecule has 1 saturated heterocycles. The molecular weight excluding hydrogens is 241 g/mol. The zero-order valence-electron chi connectivity index (χ0n) is 11.0. The standard InChI is InChI=1S/C15H18FN3/c1-10-14(11-4-6-13(16)7-5-11)15(19-18-10)12-3-2-8-17-9-12/h4-7,12,17H,2-3,8-9H2,1H3,(H,18,19).